The van der Waals surface area contributed by atoms with Crippen LogP contribution in [-0.2, 0) is 17.8 Å². The van der Waals surface area contributed by atoms with Crippen LogP contribution in [0.25, 0.3) is 10.9 Å². The minimum Gasteiger partial charge on any atom is -0.357 e. The van der Waals surface area contributed by atoms with E-state index in [1.807, 2.05) is 0 Å². The molecule has 3 nitrogen and oxygen atoms in total. The summed E-state index contributed by atoms with van der Waals surface area (Å²) in [4.78, 5) is 18.8. The number of carbonyl (C=O) groups excluding carboxylic acids is 1. The van der Waals surface area contributed by atoms with Gasteiger partial charge in [0, 0.05) is 35.1 Å². The first kappa shape index (κ1) is 19.3. The van der Waals surface area contributed by atoms with E-state index in [4.69, 9.17) is 0 Å². The van der Waals surface area contributed by atoms with Crippen LogP contribution in [0.1, 0.15) is 42.6 Å². The number of rotatable bonds is 6. The maximum atomic E-state index is 12.4. The van der Waals surface area contributed by atoms with Crippen molar-refractivity contribution in [2.45, 2.75) is 44.8 Å². The Morgan fingerprint density at radius 1 is 1.17 bits per heavy atom. The second-order valence-electron chi connectivity index (χ2n) is 8.93. The maximum Gasteiger partial charge on any atom is 0.124 e. The van der Waals surface area contributed by atoms with Crippen molar-refractivity contribution in [1.29, 1.82) is 0 Å². The molecule has 1 N–H and O–H groups in total. The van der Waals surface area contributed by atoms with Crippen LogP contribution < -0.4 is 0 Å². The van der Waals surface area contributed by atoms with Gasteiger partial charge in [-0.05, 0) is 48.3 Å². The Kier molecular flexibility index (Phi) is 5.08. The fourth-order valence-corrected chi connectivity index (χ4v) is 6.08. The highest BCUT2D eigenvalue weighted by Gasteiger charge is 2.49. The van der Waals surface area contributed by atoms with Gasteiger partial charge in [-0.15, -0.1) is 6.58 Å². The minimum atomic E-state index is 0.0368. The first-order valence-electron chi connectivity index (χ1n) is 11.2. The summed E-state index contributed by atoms with van der Waals surface area (Å²) in [7, 11) is 0. The van der Waals surface area contributed by atoms with Crippen molar-refractivity contribution < 1.29 is 4.79 Å². The molecule has 2 aliphatic rings. The molecule has 0 amide bonds. The molecule has 0 spiro atoms. The molecule has 3 heteroatoms. The van der Waals surface area contributed by atoms with Gasteiger partial charge in [0.25, 0.3) is 0 Å². The summed E-state index contributed by atoms with van der Waals surface area (Å²) in [6, 6.07) is 19.8. The first-order valence-corrected chi connectivity index (χ1v) is 11.2. The van der Waals surface area contributed by atoms with Gasteiger partial charge in [-0.3, -0.25) is 4.90 Å². The van der Waals surface area contributed by atoms with Crippen LogP contribution >= 0.6 is 0 Å². The largest absolute Gasteiger partial charge is 0.357 e. The number of hydrogen-bond donors (Lipinski definition) is 1. The van der Waals surface area contributed by atoms with E-state index < -0.39 is 0 Å². The molecule has 5 atom stereocenters. The van der Waals surface area contributed by atoms with Gasteiger partial charge in [-0.2, -0.15) is 0 Å². The van der Waals surface area contributed by atoms with Gasteiger partial charge < -0.3 is 9.78 Å². The predicted molar refractivity (Wildman–Crippen MR) is 122 cm³/mol. The van der Waals surface area contributed by atoms with E-state index in [0.717, 1.165) is 25.8 Å². The quantitative estimate of drug-likeness (QED) is 0.428. The molecule has 0 radical (unpaired) electrons. The smallest absolute Gasteiger partial charge is 0.124 e. The molecule has 30 heavy (non-hydrogen) atoms. The van der Waals surface area contributed by atoms with Gasteiger partial charge in [-0.25, -0.2) is 0 Å². The van der Waals surface area contributed by atoms with E-state index in [0.29, 0.717) is 17.9 Å². The zero-order valence-electron chi connectivity index (χ0n) is 17.6. The number of allylic oxidation sites excluding steroid dienone is 1. The van der Waals surface area contributed by atoms with Gasteiger partial charge in [0.15, 0.2) is 0 Å². The number of aldehydes is 1. The van der Waals surface area contributed by atoms with Crippen LogP contribution in [-0.4, -0.2) is 22.2 Å². The van der Waals surface area contributed by atoms with Crippen LogP contribution in [0.15, 0.2) is 67.3 Å². The Bertz CT molecular complexity index is 1050. The highest BCUT2D eigenvalue weighted by Crippen LogP contribution is 2.50. The first-order chi connectivity index (χ1) is 14.7. The van der Waals surface area contributed by atoms with Crippen molar-refractivity contribution in [3.05, 3.63) is 84.1 Å². The fraction of sp³-hybridized carbons (Fsp3) is 0.370. The molecular weight excluding hydrogens is 368 g/mol. The van der Waals surface area contributed by atoms with Crippen LogP contribution in [0.4, 0.5) is 0 Å². The van der Waals surface area contributed by atoms with Crippen LogP contribution in [0.5, 0.6) is 0 Å². The lowest BCUT2D eigenvalue weighted by atomic mass is 9.66. The zero-order chi connectivity index (χ0) is 20.7. The second kappa shape index (κ2) is 7.88. The van der Waals surface area contributed by atoms with Crippen molar-refractivity contribution in [1.82, 2.24) is 9.88 Å². The molecule has 0 unspecified atom stereocenters. The Morgan fingerprint density at radius 3 is 2.67 bits per heavy atom. The molecule has 1 fully saturated rings. The topological polar surface area (TPSA) is 36.1 Å². The Balaban J connectivity index is 1.62. The molecule has 2 aliphatic heterocycles. The summed E-state index contributed by atoms with van der Waals surface area (Å²) in [6.07, 6.45) is 6.29. The van der Waals surface area contributed by atoms with Gasteiger partial charge in [0.05, 0.1) is 6.04 Å². The lowest BCUT2D eigenvalue weighted by Gasteiger charge is -2.53. The number of carbonyl (C=O) groups is 1. The third-order valence-corrected chi connectivity index (χ3v) is 7.54. The molecule has 0 aliphatic carbocycles. The van der Waals surface area contributed by atoms with Crippen molar-refractivity contribution >= 4 is 17.2 Å². The van der Waals surface area contributed by atoms with Crippen LogP contribution in [0.3, 0.4) is 0 Å². The zero-order valence-corrected chi connectivity index (χ0v) is 17.6. The Labute approximate surface area is 178 Å². The lowest BCUT2D eigenvalue weighted by molar-refractivity contribution is -0.121. The molecule has 3 aromatic rings. The van der Waals surface area contributed by atoms with Gasteiger partial charge in [0.2, 0.25) is 0 Å². The predicted octanol–water partition coefficient (Wildman–Crippen LogP) is 5.68. The van der Waals surface area contributed by atoms with E-state index >= 15 is 0 Å². The normalized spacial score (nSPS) is 26.8. The summed E-state index contributed by atoms with van der Waals surface area (Å²) in [5.41, 5.74) is 5.30. The molecule has 1 aromatic heterocycles. The summed E-state index contributed by atoms with van der Waals surface area (Å²) < 4.78 is 0. The number of aromatic nitrogens is 1. The second-order valence-corrected chi connectivity index (χ2v) is 8.93. The maximum absolute atomic E-state index is 12.4. The summed E-state index contributed by atoms with van der Waals surface area (Å²) in [5, 5.41) is 1.32. The highest BCUT2D eigenvalue weighted by molar-refractivity contribution is 5.85. The molecule has 2 bridgehead atoms. The van der Waals surface area contributed by atoms with Gasteiger partial charge >= 0.3 is 0 Å². The number of hydrogen-bond acceptors (Lipinski definition) is 2. The Morgan fingerprint density at radius 2 is 1.93 bits per heavy atom. The number of piperidine rings is 1. The average molecular weight is 399 g/mol. The third kappa shape index (κ3) is 3.04. The number of nitrogens with one attached hydrogen (secondary N) is 1. The molecule has 0 saturated carbocycles. The highest BCUT2D eigenvalue weighted by atomic mass is 16.1. The number of para-hydroxylation sites is 1. The standard InChI is InChI=1S/C27H30N2O/c1-3-19(4-2)21-14-26-27-22(20-12-8-9-13-24(20)28-27)15-25(23(21)17-30)29(26)16-18-10-6-5-7-11-18/h3,5-13,17,19,21,23,25-26,28H,1,4,14-16H2,2H3/t19-,21-,23-,25-,26-/m0/s1. The Hall–Kier alpha value is -2.65. The summed E-state index contributed by atoms with van der Waals surface area (Å²) >= 11 is 0. The average Bonchev–Trinajstić information content (AvgIpc) is 3.14. The van der Waals surface area contributed by atoms with Gasteiger partial charge in [-0.1, -0.05) is 61.5 Å². The van der Waals surface area contributed by atoms with E-state index in [-0.39, 0.29) is 12.0 Å². The van der Waals surface area contributed by atoms with E-state index in [2.05, 4.69) is 84.1 Å². The summed E-state index contributed by atoms with van der Waals surface area (Å²) in [6.45, 7) is 7.20. The van der Waals surface area contributed by atoms with Crippen molar-refractivity contribution in [2.75, 3.05) is 0 Å². The van der Waals surface area contributed by atoms with Crippen LogP contribution in [0.2, 0.25) is 0 Å². The fourth-order valence-electron chi connectivity index (χ4n) is 6.08. The van der Waals surface area contributed by atoms with Crippen molar-refractivity contribution in [3.8, 4) is 0 Å². The number of benzene rings is 2. The number of fused-ring (bicyclic) bond motifs is 6. The van der Waals surface area contributed by atoms with E-state index in [9.17, 15) is 4.79 Å². The minimum absolute atomic E-state index is 0.0368. The van der Waals surface area contributed by atoms with E-state index in [1.54, 1.807) is 0 Å². The number of nitrogens with zero attached hydrogens (tertiary/aromatic N) is 1. The molecule has 154 valence electrons. The summed E-state index contributed by atoms with van der Waals surface area (Å²) in [5.74, 6) is 0.774. The van der Waals surface area contributed by atoms with E-state index in [1.165, 1.54) is 34.0 Å². The van der Waals surface area contributed by atoms with Crippen LogP contribution in [0, 0.1) is 17.8 Å². The molecular formula is C27H30N2O. The molecule has 2 aromatic carbocycles. The van der Waals surface area contributed by atoms with Crippen molar-refractivity contribution in [3.63, 3.8) is 0 Å². The lowest BCUT2D eigenvalue weighted by Crippen LogP contribution is -2.55. The molecule has 3 heterocycles. The number of aromatic amines is 1. The van der Waals surface area contributed by atoms with Crippen molar-refractivity contribution in [2.24, 2.45) is 17.8 Å². The number of H-pyrrole nitrogens is 1. The SMILES string of the molecule is C=C[C@@H](CC)[C@@H]1C[C@H]2c3[nH]c4ccccc4c3C[C@@H]([C@H]1C=O)N2Cc1ccccc1. The monoisotopic (exact) mass is 398 g/mol. The molecule has 5 rings (SSSR count). The van der Waals surface area contributed by atoms with Gasteiger partial charge in [0.1, 0.15) is 6.29 Å². The third-order valence-electron chi connectivity index (χ3n) is 7.54. The molecule has 1 saturated heterocycles.